The van der Waals surface area contributed by atoms with Gasteiger partial charge in [-0.1, -0.05) is 6.92 Å². The molecule has 0 atom stereocenters. The predicted octanol–water partition coefficient (Wildman–Crippen LogP) is 3.62. The predicted molar refractivity (Wildman–Crippen MR) is 72.6 cm³/mol. The first-order valence-corrected chi connectivity index (χ1v) is 6.95. The van der Waals surface area contributed by atoms with Crippen LogP contribution in [0.4, 0.5) is 13.2 Å². The first kappa shape index (κ1) is 16.7. The molecule has 7 heteroatoms. The van der Waals surface area contributed by atoms with E-state index >= 15 is 0 Å². The molecule has 20 heavy (non-hydrogen) atoms. The van der Waals surface area contributed by atoms with Gasteiger partial charge >= 0.3 is 12.1 Å². The fourth-order valence-electron chi connectivity index (χ4n) is 1.74. The molecule has 0 aliphatic carbocycles. The Morgan fingerprint density at radius 2 is 2.20 bits per heavy atom. The van der Waals surface area contributed by atoms with E-state index in [-0.39, 0.29) is 6.54 Å². The van der Waals surface area contributed by atoms with Crippen molar-refractivity contribution in [2.45, 2.75) is 26.1 Å². The second-order valence-electron chi connectivity index (χ2n) is 4.34. The van der Waals surface area contributed by atoms with Crippen molar-refractivity contribution in [2.24, 2.45) is 0 Å². The maximum atomic E-state index is 12.4. The van der Waals surface area contributed by atoms with E-state index in [0.29, 0.717) is 18.5 Å². The third-order valence-corrected chi connectivity index (χ3v) is 3.35. The molecule has 0 radical (unpaired) electrons. The summed E-state index contributed by atoms with van der Waals surface area (Å²) in [6, 6.07) is 1.71. The van der Waals surface area contributed by atoms with Gasteiger partial charge in [0.05, 0.1) is 6.54 Å². The van der Waals surface area contributed by atoms with Crippen molar-refractivity contribution in [3.05, 3.63) is 28.0 Å². The summed E-state index contributed by atoms with van der Waals surface area (Å²) in [6.07, 6.45) is -1.13. The molecule has 0 amide bonds. The number of thiophene rings is 1. The van der Waals surface area contributed by atoms with Crippen LogP contribution in [0.3, 0.4) is 0 Å². The summed E-state index contributed by atoms with van der Waals surface area (Å²) in [7, 11) is 0. The smallest absolute Gasteiger partial charge is 0.401 e. The average Bonchev–Trinajstić information content (AvgIpc) is 2.72. The zero-order chi connectivity index (χ0) is 15.2. The van der Waals surface area contributed by atoms with Crippen molar-refractivity contribution in [1.82, 2.24) is 4.90 Å². The first-order valence-electron chi connectivity index (χ1n) is 6.07. The van der Waals surface area contributed by atoms with Gasteiger partial charge in [-0.15, -0.1) is 11.3 Å². The quantitative estimate of drug-likeness (QED) is 0.782. The van der Waals surface area contributed by atoms with E-state index in [4.69, 9.17) is 5.11 Å². The topological polar surface area (TPSA) is 40.5 Å². The summed E-state index contributed by atoms with van der Waals surface area (Å²) >= 11 is 1.33. The van der Waals surface area contributed by atoms with Crippen LogP contribution < -0.4 is 0 Å². The number of carboxylic acid groups (broad SMARTS) is 1. The van der Waals surface area contributed by atoms with Crippen LogP contribution in [-0.4, -0.2) is 35.2 Å². The zero-order valence-electron chi connectivity index (χ0n) is 11.0. The zero-order valence-corrected chi connectivity index (χ0v) is 11.8. The highest BCUT2D eigenvalue weighted by Crippen LogP contribution is 2.22. The Hall–Kier alpha value is -1.34. The lowest BCUT2D eigenvalue weighted by atomic mass is 10.2. The molecule has 1 aromatic rings. The third kappa shape index (κ3) is 6.72. The molecule has 1 rings (SSSR count). The molecule has 0 aliphatic heterocycles. The van der Waals surface area contributed by atoms with Gasteiger partial charge in [-0.2, -0.15) is 13.2 Å². The number of hydrogen-bond donors (Lipinski definition) is 1. The summed E-state index contributed by atoms with van der Waals surface area (Å²) in [4.78, 5) is 12.5. The molecule has 1 N–H and O–H groups in total. The molecule has 0 spiro atoms. The lowest BCUT2D eigenvalue weighted by Gasteiger charge is -2.22. The second kappa shape index (κ2) is 7.44. The fraction of sp³-hybridized carbons (Fsp3) is 0.462. The van der Waals surface area contributed by atoms with Gasteiger partial charge in [-0.3, -0.25) is 4.90 Å². The van der Waals surface area contributed by atoms with E-state index in [9.17, 15) is 18.0 Å². The van der Waals surface area contributed by atoms with Crippen LogP contribution in [0.5, 0.6) is 0 Å². The molecule has 0 saturated heterocycles. The molecule has 0 unspecified atom stereocenters. The summed E-state index contributed by atoms with van der Waals surface area (Å²) < 4.78 is 37.3. The highest BCUT2D eigenvalue weighted by Gasteiger charge is 2.30. The maximum absolute atomic E-state index is 12.4. The van der Waals surface area contributed by atoms with E-state index in [1.165, 1.54) is 22.3 Å². The monoisotopic (exact) mass is 307 g/mol. The Morgan fingerprint density at radius 3 is 2.75 bits per heavy atom. The Bertz CT molecular complexity index is 468. The molecule has 0 aliphatic rings. The van der Waals surface area contributed by atoms with Gasteiger partial charge in [-0.25, -0.2) is 4.79 Å². The van der Waals surface area contributed by atoms with Crippen LogP contribution in [0.2, 0.25) is 0 Å². The molecule has 3 nitrogen and oxygen atoms in total. The Kier molecular flexibility index (Phi) is 6.22. The van der Waals surface area contributed by atoms with Crippen LogP contribution >= 0.6 is 11.3 Å². The Balaban J connectivity index is 2.67. The number of carboxylic acids is 1. The van der Waals surface area contributed by atoms with E-state index < -0.39 is 18.7 Å². The van der Waals surface area contributed by atoms with Crippen molar-refractivity contribution < 1.29 is 23.1 Å². The van der Waals surface area contributed by atoms with Gasteiger partial charge in [0.15, 0.2) is 0 Å². The molecule has 112 valence electrons. The Morgan fingerprint density at radius 1 is 1.50 bits per heavy atom. The van der Waals surface area contributed by atoms with Gasteiger partial charge in [0.25, 0.3) is 0 Å². The molecule has 1 aromatic heterocycles. The van der Waals surface area contributed by atoms with Gasteiger partial charge < -0.3 is 5.11 Å². The summed E-state index contributed by atoms with van der Waals surface area (Å²) in [6.45, 7) is 1.49. The standard InChI is InChI=1S/C13H16F3NO2S/c1-2-5-17(9-13(14,15)16)7-11-6-10(8-20-11)3-4-12(18)19/h3-4,6,8H,2,5,7,9H2,1H3,(H,18,19). The molecular formula is C13H16F3NO2S. The number of hydrogen-bond acceptors (Lipinski definition) is 3. The SMILES string of the molecule is CCCN(Cc1cc(C=CC(=O)O)cs1)CC(F)(F)F. The molecule has 0 aromatic carbocycles. The van der Waals surface area contributed by atoms with Crippen molar-refractivity contribution in [1.29, 1.82) is 0 Å². The van der Waals surface area contributed by atoms with E-state index in [1.54, 1.807) is 11.4 Å². The minimum atomic E-state index is -4.21. The summed E-state index contributed by atoms with van der Waals surface area (Å²) in [5.74, 6) is -1.05. The van der Waals surface area contributed by atoms with E-state index in [1.807, 2.05) is 6.92 Å². The number of rotatable bonds is 7. The van der Waals surface area contributed by atoms with Crippen molar-refractivity contribution in [3.8, 4) is 0 Å². The first-order chi connectivity index (χ1) is 9.30. The van der Waals surface area contributed by atoms with E-state index in [0.717, 1.165) is 11.0 Å². The minimum Gasteiger partial charge on any atom is -0.478 e. The highest BCUT2D eigenvalue weighted by atomic mass is 32.1. The number of alkyl halides is 3. The van der Waals surface area contributed by atoms with Crippen molar-refractivity contribution in [3.63, 3.8) is 0 Å². The lowest BCUT2D eigenvalue weighted by molar-refractivity contribution is -0.147. The van der Waals surface area contributed by atoms with Crippen LogP contribution in [0.15, 0.2) is 17.5 Å². The van der Waals surface area contributed by atoms with Crippen LogP contribution in [-0.2, 0) is 11.3 Å². The highest BCUT2D eigenvalue weighted by molar-refractivity contribution is 7.10. The van der Waals surface area contributed by atoms with Gasteiger partial charge in [-0.05, 0) is 36.1 Å². The van der Waals surface area contributed by atoms with Crippen LogP contribution in [0.25, 0.3) is 6.08 Å². The van der Waals surface area contributed by atoms with Gasteiger partial charge in [0.2, 0.25) is 0 Å². The molecule has 0 fully saturated rings. The number of aliphatic carboxylic acids is 1. The number of nitrogens with zero attached hydrogens (tertiary/aromatic N) is 1. The third-order valence-electron chi connectivity index (χ3n) is 2.41. The van der Waals surface area contributed by atoms with Gasteiger partial charge in [0.1, 0.15) is 0 Å². The molecule has 0 bridgehead atoms. The molecule has 1 heterocycles. The number of halogens is 3. The normalized spacial score (nSPS) is 12.4. The number of carbonyl (C=O) groups is 1. The fourth-order valence-corrected chi connectivity index (χ4v) is 2.63. The van der Waals surface area contributed by atoms with E-state index in [2.05, 4.69) is 0 Å². The van der Waals surface area contributed by atoms with Crippen LogP contribution in [0.1, 0.15) is 23.8 Å². The average molecular weight is 307 g/mol. The van der Waals surface area contributed by atoms with Gasteiger partial charge in [0, 0.05) is 17.5 Å². The Labute approximate surface area is 119 Å². The van der Waals surface area contributed by atoms with Crippen molar-refractivity contribution in [2.75, 3.05) is 13.1 Å². The molecule has 0 saturated carbocycles. The maximum Gasteiger partial charge on any atom is 0.401 e. The summed E-state index contributed by atoms with van der Waals surface area (Å²) in [5, 5.41) is 10.2. The summed E-state index contributed by atoms with van der Waals surface area (Å²) in [5.41, 5.74) is 0.691. The van der Waals surface area contributed by atoms with Crippen LogP contribution in [0, 0.1) is 0 Å². The second-order valence-corrected chi connectivity index (χ2v) is 5.34. The largest absolute Gasteiger partial charge is 0.478 e. The molecular weight excluding hydrogens is 291 g/mol. The minimum absolute atomic E-state index is 0.221. The lowest BCUT2D eigenvalue weighted by Crippen LogP contribution is -2.34. The van der Waals surface area contributed by atoms with Crippen molar-refractivity contribution >= 4 is 23.4 Å².